The van der Waals surface area contributed by atoms with Crippen molar-refractivity contribution in [1.82, 2.24) is 7.96 Å². The van der Waals surface area contributed by atoms with Gasteiger partial charge in [-0.3, -0.25) is 0 Å². The summed E-state index contributed by atoms with van der Waals surface area (Å²) in [6, 6.07) is 14.9. The van der Waals surface area contributed by atoms with Gasteiger partial charge in [0.15, 0.2) is 0 Å². The first-order chi connectivity index (χ1) is 10.4. The second-order valence-electron chi connectivity index (χ2n) is 4.55. The van der Waals surface area contributed by atoms with E-state index >= 15 is 0 Å². The zero-order valence-electron chi connectivity index (χ0n) is 10.9. The van der Waals surface area contributed by atoms with Crippen molar-refractivity contribution in [3.05, 3.63) is 63.0 Å². The Morgan fingerprint density at radius 3 is 2.33 bits per heavy atom. The Morgan fingerprint density at radius 1 is 0.905 bits per heavy atom. The van der Waals surface area contributed by atoms with Gasteiger partial charge in [0.25, 0.3) is 0 Å². The standard InChI is InChI=1S/C15H11N3S2Se/c1-4-10(14-11(5-1)17-21-18-14)16-15(12-6-2-8-19-12)13-7-3-9-20-13/h1-9,15-16H. The summed E-state index contributed by atoms with van der Waals surface area (Å²) >= 11 is 3.55. The van der Waals surface area contributed by atoms with Crippen molar-refractivity contribution in [1.29, 1.82) is 0 Å². The number of anilines is 1. The Kier molecular flexibility index (Phi) is 3.61. The van der Waals surface area contributed by atoms with Crippen LogP contribution in [0, 0.1) is 0 Å². The van der Waals surface area contributed by atoms with Crippen LogP contribution in [0.25, 0.3) is 11.0 Å². The molecule has 0 radical (unpaired) electrons. The minimum atomic E-state index is 0.00147. The van der Waals surface area contributed by atoms with Gasteiger partial charge in [-0.25, -0.2) is 0 Å². The van der Waals surface area contributed by atoms with E-state index in [2.05, 4.69) is 54.4 Å². The van der Waals surface area contributed by atoms with Gasteiger partial charge in [0.2, 0.25) is 0 Å². The van der Waals surface area contributed by atoms with Crippen LogP contribution in [0.5, 0.6) is 0 Å². The van der Waals surface area contributed by atoms with Crippen molar-refractivity contribution in [3.8, 4) is 0 Å². The number of nitrogens with zero attached hydrogens (tertiary/aromatic N) is 2. The van der Waals surface area contributed by atoms with E-state index in [4.69, 9.17) is 0 Å². The van der Waals surface area contributed by atoms with Crippen LogP contribution in [-0.2, 0) is 0 Å². The third-order valence-electron chi connectivity index (χ3n) is 3.24. The topological polar surface area (TPSA) is 37.8 Å². The molecule has 6 heteroatoms. The van der Waals surface area contributed by atoms with E-state index < -0.39 is 0 Å². The average Bonchev–Trinajstić information content (AvgIpc) is 3.24. The fourth-order valence-electron chi connectivity index (χ4n) is 2.27. The molecule has 0 saturated heterocycles. The van der Waals surface area contributed by atoms with Crippen molar-refractivity contribution < 1.29 is 0 Å². The van der Waals surface area contributed by atoms with Crippen molar-refractivity contribution >= 4 is 54.4 Å². The summed E-state index contributed by atoms with van der Waals surface area (Å²) < 4.78 is 9.01. The molecule has 3 heterocycles. The number of hydrogen-bond acceptors (Lipinski definition) is 5. The van der Waals surface area contributed by atoms with Crippen LogP contribution in [0.2, 0.25) is 0 Å². The van der Waals surface area contributed by atoms with Crippen LogP contribution in [0.3, 0.4) is 0 Å². The molecule has 0 amide bonds. The summed E-state index contributed by atoms with van der Waals surface area (Å²) in [4.78, 5) is 2.63. The van der Waals surface area contributed by atoms with Gasteiger partial charge in [0.05, 0.1) is 0 Å². The molecule has 4 rings (SSSR count). The normalized spacial score (nSPS) is 11.3. The average molecular weight is 376 g/mol. The SMILES string of the molecule is c1csc(C(Nc2cccc3n[se]nc23)c2cccs2)c1. The predicted octanol–water partition coefficient (Wildman–Crippen LogP) is 4.01. The van der Waals surface area contributed by atoms with Gasteiger partial charge in [-0.1, -0.05) is 0 Å². The van der Waals surface area contributed by atoms with Crippen LogP contribution in [0.4, 0.5) is 5.69 Å². The monoisotopic (exact) mass is 377 g/mol. The Morgan fingerprint density at radius 2 is 1.67 bits per heavy atom. The van der Waals surface area contributed by atoms with Crippen molar-refractivity contribution in [2.45, 2.75) is 6.04 Å². The third-order valence-corrected chi connectivity index (χ3v) is 6.25. The fraction of sp³-hybridized carbons (Fsp3) is 0.0667. The van der Waals surface area contributed by atoms with Gasteiger partial charge in [0.1, 0.15) is 0 Å². The van der Waals surface area contributed by atoms with Gasteiger partial charge in [0, 0.05) is 0 Å². The van der Waals surface area contributed by atoms with Gasteiger partial charge in [-0.05, 0) is 0 Å². The summed E-state index contributed by atoms with van der Waals surface area (Å²) in [6.45, 7) is 0. The van der Waals surface area contributed by atoms with E-state index in [0.29, 0.717) is 0 Å². The molecule has 4 aromatic rings. The van der Waals surface area contributed by atoms with E-state index in [-0.39, 0.29) is 21.0 Å². The number of nitrogens with one attached hydrogen (secondary N) is 1. The molecule has 0 spiro atoms. The second-order valence-corrected chi connectivity index (χ2v) is 7.61. The maximum absolute atomic E-state index is 4.56. The summed E-state index contributed by atoms with van der Waals surface area (Å²) in [7, 11) is 0. The number of benzene rings is 1. The van der Waals surface area contributed by atoms with Gasteiger partial charge < -0.3 is 0 Å². The molecular weight excluding hydrogens is 365 g/mol. The van der Waals surface area contributed by atoms with Crippen molar-refractivity contribution in [3.63, 3.8) is 0 Å². The second kappa shape index (κ2) is 5.73. The van der Waals surface area contributed by atoms with E-state index in [0.717, 1.165) is 16.7 Å². The number of rotatable bonds is 4. The molecule has 0 bridgehead atoms. The molecule has 0 aliphatic heterocycles. The molecule has 0 aliphatic carbocycles. The first-order valence-corrected chi connectivity index (χ1v) is 9.75. The zero-order valence-corrected chi connectivity index (χ0v) is 14.2. The van der Waals surface area contributed by atoms with Crippen molar-refractivity contribution in [2.75, 3.05) is 5.32 Å². The Hall–Kier alpha value is -1.46. The predicted molar refractivity (Wildman–Crippen MR) is 90.6 cm³/mol. The molecule has 1 aromatic carbocycles. The molecule has 3 aromatic heterocycles. The van der Waals surface area contributed by atoms with Crippen LogP contribution < -0.4 is 5.32 Å². The summed E-state index contributed by atoms with van der Waals surface area (Å²) in [5.74, 6) is 0. The Bertz CT molecular complexity index is 803. The van der Waals surface area contributed by atoms with Crippen LogP contribution >= 0.6 is 22.7 Å². The van der Waals surface area contributed by atoms with E-state index in [1.165, 1.54) is 9.75 Å². The quantitative estimate of drug-likeness (QED) is 0.547. The summed E-state index contributed by atoms with van der Waals surface area (Å²) in [5.41, 5.74) is 3.09. The Balaban J connectivity index is 1.77. The van der Waals surface area contributed by atoms with E-state index in [9.17, 15) is 0 Å². The van der Waals surface area contributed by atoms with Gasteiger partial charge in [-0.15, -0.1) is 0 Å². The molecule has 104 valence electrons. The molecule has 0 atom stereocenters. The van der Waals surface area contributed by atoms with E-state index in [1.807, 2.05) is 12.1 Å². The van der Waals surface area contributed by atoms with Crippen molar-refractivity contribution in [2.24, 2.45) is 0 Å². The molecule has 3 nitrogen and oxygen atoms in total. The molecule has 0 aliphatic rings. The van der Waals surface area contributed by atoms with Gasteiger partial charge in [-0.2, -0.15) is 0 Å². The van der Waals surface area contributed by atoms with Crippen LogP contribution in [-0.4, -0.2) is 22.9 Å². The number of hydrogen-bond donors (Lipinski definition) is 1. The number of fused-ring (bicyclic) bond motifs is 1. The van der Waals surface area contributed by atoms with Crippen LogP contribution in [0.15, 0.2) is 53.2 Å². The molecule has 21 heavy (non-hydrogen) atoms. The summed E-state index contributed by atoms with van der Waals surface area (Å²) in [6.07, 6.45) is 0. The zero-order chi connectivity index (χ0) is 14.1. The molecular formula is C15H11N3S2Se. The fourth-order valence-corrected chi connectivity index (χ4v) is 5.09. The van der Waals surface area contributed by atoms with E-state index in [1.54, 1.807) is 22.7 Å². The minimum absolute atomic E-state index is 0.00147. The maximum atomic E-state index is 4.56. The molecule has 0 fully saturated rings. The molecule has 0 saturated carbocycles. The number of thiophene rings is 2. The van der Waals surface area contributed by atoms with Crippen LogP contribution in [0.1, 0.15) is 15.8 Å². The first-order valence-electron chi connectivity index (χ1n) is 6.46. The number of aromatic nitrogens is 2. The molecule has 0 unspecified atom stereocenters. The summed E-state index contributed by atoms with van der Waals surface area (Å²) in [5, 5.41) is 7.90. The van der Waals surface area contributed by atoms with Gasteiger partial charge >= 0.3 is 137 Å². The molecule has 1 N–H and O–H groups in total. The first kappa shape index (κ1) is 13.2. The Labute approximate surface area is 136 Å². The third kappa shape index (κ3) is 2.56.